The van der Waals surface area contributed by atoms with Crippen LogP contribution in [0.25, 0.3) is 0 Å². The topological polar surface area (TPSA) is 20.2 Å². The van der Waals surface area contributed by atoms with Gasteiger partial charge in [0.25, 0.3) is 0 Å². The molecule has 1 aromatic carbocycles. The Hall–Kier alpha value is -1.08. The third-order valence-electron chi connectivity index (χ3n) is 2.74. The molecule has 1 rings (SSSR count). The molecule has 0 aliphatic heterocycles. The molecule has 0 saturated carbocycles. The molecule has 0 fully saturated rings. The zero-order valence-corrected chi connectivity index (χ0v) is 10.4. The van der Waals surface area contributed by atoms with E-state index in [4.69, 9.17) is 5.11 Å². The number of aliphatic hydroxyl groups excluding tert-OH is 1. The molecule has 0 radical (unpaired) electrons. The Morgan fingerprint density at radius 3 is 2.88 bits per heavy atom. The first kappa shape index (κ1) is 13.0. The lowest BCUT2D eigenvalue weighted by molar-refractivity contribution is 0.288. The van der Waals surface area contributed by atoms with Gasteiger partial charge >= 0.3 is 0 Å². The lowest BCUT2D eigenvalue weighted by Crippen LogP contribution is -1.87. The van der Waals surface area contributed by atoms with Gasteiger partial charge in [0.1, 0.15) is 0 Å². The lowest BCUT2D eigenvalue weighted by atomic mass is 10.0. The van der Waals surface area contributed by atoms with E-state index < -0.39 is 0 Å². The summed E-state index contributed by atoms with van der Waals surface area (Å²) >= 11 is 0. The van der Waals surface area contributed by atoms with Gasteiger partial charge in [0.05, 0.1) is 0 Å². The highest BCUT2D eigenvalue weighted by molar-refractivity contribution is 5.22. The molecule has 16 heavy (non-hydrogen) atoms. The summed E-state index contributed by atoms with van der Waals surface area (Å²) in [4.78, 5) is 0. The minimum absolute atomic E-state index is 0.295. The largest absolute Gasteiger partial charge is 0.396 e. The normalized spacial score (nSPS) is 11.8. The number of hydrogen-bond donors (Lipinski definition) is 1. The van der Waals surface area contributed by atoms with E-state index in [1.807, 2.05) is 0 Å². The number of hydrogen-bond acceptors (Lipinski definition) is 1. The predicted molar refractivity (Wildman–Crippen MR) is 69.6 cm³/mol. The second-order valence-electron chi connectivity index (χ2n) is 4.41. The van der Waals surface area contributed by atoms with Gasteiger partial charge in [0.2, 0.25) is 0 Å². The fourth-order valence-corrected chi connectivity index (χ4v) is 1.81. The van der Waals surface area contributed by atoms with Crippen LogP contribution in [0.4, 0.5) is 0 Å². The van der Waals surface area contributed by atoms with Crippen molar-refractivity contribution in [1.29, 1.82) is 0 Å². The maximum absolute atomic E-state index is 8.72. The van der Waals surface area contributed by atoms with Crippen molar-refractivity contribution in [2.45, 2.75) is 39.5 Å². The summed E-state index contributed by atoms with van der Waals surface area (Å²) in [7, 11) is 0. The Balaban J connectivity index is 2.34. The molecule has 0 spiro atoms. The first-order valence-corrected chi connectivity index (χ1v) is 6.04. The van der Waals surface area contributed by atoms with Crippen LogP contribution in [-0.4, -0.2) is 11.7 Å². The Morgan fingerprint density at radius 2 is 2.19 bits per heavy atom. The molecule has 1 nitrogen and oxygen atoms in total. The molecule has 0 heterocycles. The van der Waals surface area contributed by atoms with Crippen LogP contribution in [0, 0.1) is 6.92 Å². The van der Waals surface area contributed by atoms with Crippen molar-refractivity contribution in [2.24, 2.45) is 0 Å². The van der Waals surface area contributed by atoms with Crippen LogP contribution < -0.4 is 0 Å². The highest BCUT2D eigenvalue weighted by atomic mass is 16.2. The summed E-state index contributed by atoms with van der Waals surface area (Å²) in [5.74, 6) is 0. The minimum atomic E-state index is 0.295. The molecule has 0 saturated heterocycles. The molecular weight excluding hydrogens is 196 g/mol. The zero-order chi connectivity index (χ0) is 11.8. The molecule has 88 valence electrons. The molecule has 1 N–H and O–H groups in total. The third kappa shape index (κ3) is 5.13. The molecule has 0 aromatic heterocycles. The highest BCUT2D eigenvalue weighted by Gasteiger charge is 1.93. The molecular formula is C15H22O. The Morgan fingerprint density at radius 1 is 1.38 bits per heavy atom. The molecule has 0 aliphatic carbocycles. The predicted octanol–water partition coefficient (Wildman–Crippen LogP) is 3.65. The zero-order valence-electron chi connectivity index (χ0n) is 10.4. The second kappa shape index (κ2) is 7.24. The molecule has 0 atom stereocenters. The monoisotopic (exact) mass is 218 g/mol. The Labute approximate surface area is 98.8 Å². The van der Waals surface area contributed by atoms with E-state index in [9.17, 15) is 0 Å². The molecule has 1 heteroatoms. The van der Waals surface area contributed by atoms with Crippen LogP contribution in [0.3, 0.4) is 0 Å². The van der Waals surface area contributed by atoms with E-state index in [1.165, 1.54) is 16.7 Å². The van der Waals surface area contributed by atoms with Crippen molar-refractivity contribution in [3.05, 3.63) is 47.0 Å². The smallest absolute Gasteiger partial charge is 0.0434 e. The van der Waals surface area contributed by atoms with Gasteiger partial charge in [-0.05, 0) is 45.1 Å². The Bertz CT molecular complexity index is 339. The van der Waals surface area contributed by atoms with Crippen LogP contribution in [0.15, 0.2) is 35.9 Å². The number of rotatable bonds is 6. The van der Waals surface area contributed by atoms with Gasteiger partial charge < -0.3 is 5.11 Å². The van der Waals surface area contributed by atoms with Crippen molar-refractivity contribution in [3.8, 4) is 0 Å². The SMILES string of the molecule is C/C(=C\CCc1cccc(C)c1)CCCO. The quantitative estimate of drug-likeness (QED) is 0.723. The van der Waals surface area contributed by atoms with E-state index in [1.54, 1.807) is 0 Å². The van der Waals surface area contributed by atoms with Crippen molar-refractivity contribution in [3.63, 3.8) is 0 Å². The van der Waals surface area contributed by atoms with Gasteiger partial charge in [0, 0.05) is 6.61 Å². The number of benzene rings is 1. The molecule has 0 unspecified atom stereocenters. The first-order chi connectivity index (χ1) is 7.72. The van der Waals surface area contributed by atoms with Gasteiger partial charge in [-0.25, -0.2) is 0 Å². The highest BCUT2D eigenvalue weighted by Crippen LogP contribution is 2.09. The van der Waals surface area contributed by atoms with Crippen LogP contribution in [0.1, 0.15) is 37.3 Å². The summed E-state index contributed by atoms with van der Waals surface area (Å²) in [6, 6.07) is 8.68. The van der Waals surface area contributed by atoms with Gasteiger partial charge in [0.15, 0.2) is 0 Å². The fraction of sp³-hybridized carbons (Fsp3) is 0.467. The van der Waals surface area contributed by atoms with Gasteiger partial charge in [-0.1, -0.05) is 41.5 Å². The van der Waals surface area contributed by atoms with E-state index in [2.05, 4.69) is 44.2 Å². The summed E-state index contributed by atoms with van der Waals surface area (Å²) < 4.78 is 0. The average molecular weight is 218 g/mol. The summed E-state index contributed by atoms with van der Waals surface area (Å²) in [5, 5.41) is 8.72. The van der Waals surface area contributed by atoms with Crippen LogP contribution in [0.5, 0.6) is 0 Å². The summed E-state index contributed by atoms with van der Waals surface area (Å²) in [6.45, 7) is 4.57. The Kier molecular flexibility index (Phi) is 5.87. The van der Waals surface area contributed by atoms with Gasteiger partial charge in [-0.3, -0.25) is 0 Å². The van der Waals surface area contributed by atoms with Crippen LogP contribution >= 0.6 is 0 Å². The minimum Gasteiger partial charge on any atom is -0.396 e. The molecule has 0 amide bonds. The first-order valence-electron chi connectivity index (χ1n) is 6.04. The average Bonchev–Trinajstić information content (AvgIpc) is 2.26. The number of aliphatic hydroxyl groups is 1. The summed E-state index contributed by atoms with van der Waals surface area (Å²) in [5.41, 5.74) is 4.13. The maximum atomic E-state index is 8.72. The lowest BCUT2D eigenvalue weighted by Gasteiger charge is -2.02. The number of allylic oxidation sites excluding steroid dienone is 2. The van der Waals surface area contributed by atoms with Crippen LogP contribution in [0.2, 0.25) is 0 Å². The van der Waals surface area contributed by atoms with E-state index >= 15 is 0 Å². The van der Waals surface area contributed by atoms with Crippen molar-refractivity contribution in [2.75, 3.05) is 6.61 Å². The van der Waals surface area contributed by atoms with Gasteiger partial charge in [-0.15, -0.1) is 0 Å². The van der Waals surface area contributed by atoms with Crippen LogP contribution in [-0.2, 0) is 6.42 Å². The third-order valence-corrected chi connectivity index (χ3v) is 2.74. The molecule has 1 aromatic rings. The van der Waals surface area contributed by atoms with Crippen molar-refractivity contribution < 1.29 is 5.11 Å². The standard InChI is InChI=1S/C15H22O/c1-13(8-5-11-16)6-3-9-15-10-4-7-14(2)12-15/h4,6-7,10,12,16H,3,5,8-9,11H2,1-2H3/b13-6+. The number of aryl methyl sites for hydroxylation is 2. The second-order valence-corrected chi connectivity index (χ2v) is 4.41. The van der Waals surface area contributed by atoms with Gasteiger partial charge in [-0.2, -0.15) is 0 Å². The van der Waals surface area contributed by atoms with E-state index in [0.717, 1.165) is 25.7 Å². The van der Waals surface area contributed by atoms with Crippen molar-refractivity contribution >= 4 is 0 Å². The molecule has 0 aliphatic rings. The fourth-order valence-electron chi connectivity index (χ4n) is 1.81. The maximum Gasteiger partial charge on any atom is 0.0434 e. The van der Waals surface area contributed by atoms with E-state index in [0.29, 0.717) is 6.61 Å². The summed E-state index contributed by atoms with van der Waals surface area (Å²) in [6.07, 6.45) is 6.40. The molecule has 0 bridgehead atoms. The van der Waals surface area contributed by atoms with E-state index in [-0.39, 0.29) is 0 Å². The van der Waals surface area contributed by atoms with Crippen molar-refractivity contribution in [1.82, 2.24) is 0 Å².